The van der Waals surface area contributed by atoms with E-state index in [1.165, 1.54) is 21.3 Å². The van der Waals surface area contributed by atoms with Gasteiger partial charge in [-0.05, 0) is 12.8 Å². The topological polar surface area (TPSA) is 80.6 Å². The van der Waals surface area contributed by atoms with Crippen LogP contribution in [0.2, 0.25) is 0 Å². The fraction of sp³-hybridized carbons (Fsp3) is 0.429. The van der Waals surface area contributed by atoms with Crippen molar-refractivity contribution in [2.24, 2.45) is 5.41 Å². The molecule has 1 fully saturated rings. The normalized spacial score (nSPS) is 14.9. The summed E-state index contributed by atoms with van der Waals surface area (Å²) in [5.41, 5.74) is -0.369. The molecule has 1 aliphatic rings. The summed E-state index contributed by atoms with van der Waals surface area (Å²) in [6.07, 6.45) is 1.19. The second-order valence-electron chi connectivity index (χ2n) is 4.56. The second-order valence-corrected chi connectivity index (χ2v) is 4.56. The summed E-state index contributed by atoms with van der Waals surface area (Å²) in [6.45, 7) is 0. The average Bonchev–Trinajstić information content (AvgIpc) is 3.27. The molecule has 1 saturated carbocycles. The van der Waals surface area contributed by atoms with Crippen molar-refractivity contribution in [2.45, 2.75) is 12.8 Å². The zero-order valence-electron chi connectivity index (χ0n) is 11.6. The number of amides is 1. The van der Waals surface area contributed by atoms with Crippen molar-refractivity contribution in [3.05, 3.63) is 12.1 Å². The molecule has 6 nitrogen and oxygen atoms in total. The quantitative estimate of drug-likeness (QED) is 0.889. The fourth-order valence-corrected chi connectivity index (χ4v) is 1.92. The molecular weight excluding hydrogens is 260 g/mol. The maximum atomic E-state index is 12.0. The highest BCUT2D eigenvalue weighted by molar-refractivity contribution is 5.99. The van der Waals surface area contributed by atoms with Crippen LogP contribution < -0.4 is 19.5 Å². The van der Waals surface area contributed by atoms with E-state index < -0.39 is 5.41 Å². The minimum absolute atomic E-state index is 0.297. The highest BCUT2D eigenvalue weighted by atomic mass is 16.5. The first-order valence-corrected chi connectivity index (χ1v) is 6.13. The van der Waals surface area contributed by atoms with E-state index in [-0.39, 0.29) is 5.91 Å². The number of benzene rings is 1. The first-order valence-electron chi connectivity index (χ1n) is 6.13. The Kier molecular flexibility index (Phi) is 3.70. The van der Waals surface area contributed by atoms with Crippen molar-refractivity contribution in [2.75, 3.05) is 26.6 Å². The first kappa shape index (κ1) is 14.0. The molecule has 0 unspecified atom stereocenters. The fourth-order valence-electron chi connectivity index (χ4n) is 1.92. The molecule has 0 radical (unpaired) electrons. The number of anilines is 1. The Balaban J connectivity index is 2.29. The molecule has 0 saturated heterocycles. The van der Waals surface area contributed by atoms with Gasteiger partial charge in [-0.2, -0.15) is 5.26 Å². The van der Waals surface area contributed by atoms with Crippen molar-refractivity contribution in [1.29, 1.82) is 5.26 Å². The molecule has 20 heavy (non-hydrogen) atoms. The summed E-state index contributed by atoms with van der Waals surface area (Å²) >= 11 is 0. The lowest BCUT2D eigenvalue weighted by Crippen LogP contribution is -2.22. The zero-order chi connectivity index (χ0) is 14.8. The van der Waals surface area contributed by atoms with Crippen LogP contribution in [0.3, 0.4) is 0 Å². The number of nitrogens with one attached hydrogen (secondary N) is 1. The third-order valence-corrected chi connectivity index (χ3v) is 3.32. The van der Waals surface area contributed by atoms with Gasteiger partial charge in [0.05, 0.1) is 27.4 Å². The van der Waals surface area contributed by atoms with Gasteiger partial charge in [0.15, 0.2) is 11.5 Å². The highest BCUT2D eigenvalue weighted by Gasteiger charge is 2.50. The number of ether oxygens (including phenoxy) is 3. The molecule has 2 rings (SSSR count). The number of nitriles is 1. The Bertz CT molecular complexity index is 548. The largest absolute Gasteiger partial charge is 0.493 e. The molecule has 0 aromatic heterocycles. The van der Waals surface area contributed by atoms with Crippen LogP contribution in [0.4, 0.5) is 5.69 Å². The molecule has 1 N–H and O–H groups in total. The van der Waals surface area contributed by atoms with Crippen LogP contribution in [0.25, 0.3) is 0 Å². The van der Waals surface area contributed by atoms with Crippen LogP contribution in [-0.4, -0.2) is 27.2 Å². The molecule has 6 heteroatoms. The Hall–Kier alpha value is -2.42. The summed E-state index contributed by atoms with van der Waals surface area (Å²) in [5.74, 6) is 1.05. The van der Waals surface area contributed by atoms with Crippen LogP contribution in [0.5, 0.6) is 17.2 Å². The zero-order valence-corrected chi connectivity index (χ0v) is 11.6. The van der Waals surface area contributed by atoms with E-state index in [4.69, 9.17) is 19.5 Å². The molecule has 0 aliphatic heterocycles. The van der Waals surface area contributed by atoms with Gasteiger partial charge < -0.3 is 19.5 Å². The summed E-state index contributed by atoms with van der Waals surface area (Å²) in [4.78, 5) is 12.0. The predicted molar refractivity (Wildman–Crippen MR) is 72.0 cm³/mol. The van der Waals surface area contributed by atoms with E-state index >= 15 is 0 Å². The van der Waals surface area contributed by atoms with Gasteiger partial charge in [-0.15, -0.1) is 0 Å². The Morgan fingerprint density at radius 1 is 1.20 bits per heavy atom. The number of hydrogen-bond acceptors (Lipinski definition) is 5. The number of carbonyl (C=O) groups excluding carboxylic acids is 1. The number of carbonyl (C=O) groups is 1. The van der Waals surface area contributed by atoms with Crippen molar-refractivity contribution in [3.8, 4) is 23.3 Å². The third-order valence-electron chi connectivity index (χ3n) is 3.32. The number of hydrogen-bond donors (Lipinski definition) is 1. The second kappa shape index (κ2) is 5.29. The van der Waals surface area contributed by atoms with Gasteiger partial charge >= 0.3 is 0 Å². The van der Waals surface area contributed by atoms with E-state index in [0.717, 1.165) is 0 Å². The summed E-state index contributed by atoms with van der Waals surface area (Å²) in [5, 5.41) is 11.7. The van der Waals surface area contributed by atoms with Gasteiger partial charge in [-0.25, -0.2) is 0 Å². The van der Waals surface area contributed by atoms with Gasteiger partial charge in [0, 0.05) is 17.8 Å². The van der Waals surface area contributed by atoms with Crippen molar-refractivity contribution in [3.63, 3.8) is 0 Å². The molecule has 1 aliphatic carbocycles. The van der Waals surface area contributed by atoms with E-state index in [1.54, 1.807) is 12.1 Å². The third kappa shape index (κ3) is 2.35. The molecule has 1 aromatic carbocycles. The Labute approximate surface area is 117 Å². The van der Waals surface area contributed by atoms with E-state index in [9.17, 15) is 4.79 Å². The molecule has 0 bridgehead atoms. The summed E-state index contributed by atoms with van der Waals surface area (Å²) in [6, 6.07) is 5.32. The SMILES string of the molecule is COc1cc(NC(=O)C2(C#N)CC2)cc(OC)c1OC. The van der Waals surface area contributed by atoms with Gasteiger partial charge in [-0.1, -0.05) is 0 Å². The van der Waals surface area contributed by atoms with E-state index in [0.29, 0.717) is 35.8 Å². The van der Waals surface area contributed by atoms with Gasteiger partial charge in [-0.3, -0.25) is 4.79 Å². The van der Waals surface area contributed by atoms with Crippen molar-refractivity contribution >= 4 is 11.6 Å². The molecule has 0 spiro atoms. The smallest absolute Gasteiger partial charge is 0.244 e. The molecule has 1 amide bonds. The lowest BCUT2D eigenvalue weighted by molar-refractivity contribution is -0.119. The summed E-state index contributed by atoms with van der Waals surface area (Å²) < 4.78 is 15.6. The van der Waals surface area contributed by atoms with E-state index in [1.807, 2.05) is 0 Å². The van der Waals surface area contributed by atoms with Crippen LogP contribution in [-0.2, 0) is 4.79 Å². The molecule has 0 heterocycles. The van der Waals surface area contributed by atoms with E-state index in [2.05, 4.69) is 11.4 Å². The molecular formula is C14H16N2O4. The maximum absolute atomic E-state index is 12.0. The van der Waals surface area contributed by atoms with Gasteiger partial charge in [0.2, 0.25) is 11.7 Å². The Morgan fingerprint density at radius 2 is 1.75 bits per heavy atom. The lowest BCUT2D eigenvalue weighted by Gasteiger charge is -2.15. The Morgan fingerprint density at radius 3 is 2.10 bits per heavy atom. The summed E-state index contributed by atoms with van der Waals surface area (Å²) in [7, 11) is 4.51. The van der Waals surface area contributed by atoms with Crippen LogP contribution >= 0.6 is 0 Å². The van der Waals surface area contributed by atoms with Crippen molar-refractivity contribution in [1.82, 2.24) is 0 Å². The lowest BCUT2D eigenvalue weighted by atomic mass is 10.1. The minimum Gasteiger partial charge on any atom is -0.493 e. The standard InChI is InChI=1S/C14H16N2O4/c1-18-10-6-9(7-11(19-2)12(10)20-3)16-13(17)14(8-15)4-5-14/h6-7H,4-5H2,1-3H3,(H,16,17). The van der Waals surface area contributed by atoms with Crippen LogP contribution in [0.1, 0.15) is 12.8 Å². The maximum Gasteiger partial charge on any atom is 0.244 e. The number of methoxy groups -OCH3 is 3. The van der Waals surface area contributed by atoms with Crippen molar-refractivity contribution < 1.29 is 19.0 Å². The predicted octanol–water partition coefficient (Wildman–Crippen LogP) is 1.95. The first-order chi connectivity index (χ1) is 9.60. The molecule has 0 atom stereocenters. The molecule has 106 valence electrons. The van der Waals surface area contributed by atoms with Gasteiger partial charge in [0.25, 0.3) is 0 Å². The van der Waals surface area contributed by atoms with Crippen LogP contribution in [0.15, 0.2) is 12.1 Å². The van der Waals surface area contributed by atoms with Crippen LogP contribution in [0, 0.1) is 16.7 Å². The number of rotatable bonds is 5. The molecule has 1 aromatic rings. The average molecular weight is 276 g/mol. The number of nitrogens with zero attached hydrogens (tertiary/aromatic N) is 1. The monoisotopic (exact) mass is 276 g/mol. The highest BCUT2D eigenvalue weighted by Crippen LogP contribution is 2.46. The minimum atomic E-state index is -0.875. The van der Waals surface area contributed by atoms with Gasteiger partial charge in [0.1, 0.15) is 5.41 Å².